The van der Waals surface area contributed by atoms with E-state index in [0.717, 1.165) is 0 Å². The van der Waals surface area contributed by atoms with E-state index in [1.54, 1.807) is 0 Å². The van der Waals surface area contributed by atoms with Crippen molar-refractivity contribution in [3.8, 4) is 11.5 Å². The molecule has 0 saturated heterocycles. The first-order valence-electron chi connectivity index (χ1n) is 8.46. The normalized spacial score (nSPS) is 12.3. The number of hydrogen-bond acceptors (Lipinski definition) is 7. The first-order valence-corrected chi connectivity index (χ1v) is 8.46. The molecule has 0 spiro atoms. The van der Waals surface area contributed by atoms with Crippen LogP contribution in [0.25, 0.3) is 0 Å². The average molecular weight is 390 g/mol. The highest BCUT2D eigenvalue weighted by atomic mass is 16.4. The van der Waals surface area contributed by atoms with E-state index in [9.17, 15) is 24.6 Å². The molecule has 0 aromatic heterocycles. The number of nitrogens with one attached hydrogen (secondary N) is 1. The van der Waals surface area contributed by atoms with E-state index in [1.165, 1.54) is 48.5 Å². The first kappa shape index (κ1) is 18.1. The third-order valence-corrected chi connectivity index (χ3v) is 4.72. The number of benzene rings is 3. The number of carboxylic acids is 1. The number of phenolic OH excluding ortho intramolecular Hbond substituents is 2. The number of fused-ring (bicyclic) bond motifs is 2. The summed E-state index contributed by atoms with van der Waals surface area (Å²) in [5.41, 5.74) is 5.93. The zero-order valence-corrected chi connectivity index (χ0v) is 14.8. The Hall–Kier alpha value is -4.33. The highest BCUT2D eigenvalue weighted by Crippen LogP contribution is 2.42. The second-order valence-electron chi connectivity index (χ2n) is 6.47. The van der Waals surface area contributed by atoms with Gasteiger partial charge < -0.3 is 26.4 Å². The molecule has 0 radical (unpaired) electrons. The van der Waals surface area contributed by atoms with E-state index in [-0.39, 0.29) is 39.2 Å². The quantitative estimate of drug-likeness (QED) is 0.265. The van der Waals surface area contributed by atoms with Crippen LogP contribution < -0.4 is 11.1 Å². The number of aromatic hydroxyl groups is 2. The lowest BCUT2D eigenvalue weighted by Crippen LogP contribution is -2.23. The zero-order chi connectivity index (χ0) is 20.9. The largest absolute Gasteiger partial charge is 0.507 e. The molecule has 0 heterocycles. The summed E-state index contributed by atoms with van der Waals surface area (Å²) in [5, 5.41) is 32.4. The third-order valence-electron chi connectivity index (χ3n) is 4.72. The van der Waals surface area contributed by atoms with E-state index in [4.69, 9.17) is 10.8 Å². The minimum absolute atomic E-state index is 0.0174. The molecule has 0 fully saturated rings. The van der Waals surface area contributed by atoms with E-state index in [2.05, 4.69) is 5.32 Å². The number of carboxylic acid groups (broad SMARTS) is 1. The van der Waals surface area contributed by atoms with Gasteiger partial charge in [0.1, 0.15) is 11.5 Å². The van der Waals surface area contributed by atoms with Gasteiger partial charge in [-0.2, -0.15) is 0 Å². The van der Waals surface area contributed by atoms with Crippen LogP contribution >= 0.6 is 0 Å². The minimum atomic E-state index is -1.08. The molecule has 8 heteroatoms. The summed E-state index contributed by atoms with van der Waals surface area (Å²) in [4.78, 5) is 37.1. The Morgan fingerprint density at radius 3 is 1.93 bits per heavy atom. The number of rotatable bonds is 3. The summed E-state index contributed by atoms with van der Waals surface area (Å²) in [6, 6.07) is 11.0. The molecule has 0 bridgehead atoms. The van der Waals surface area contributed by atoms with Crippen molar-refractivity contribution in [2.45, 2.75) is 0 Å². The predicted molar refractivity (Wildman–Crippen MR) is 104 cm³/mol. The lowest BCUT2D eigenvalue weighted by Gasteiger charge is -2.23. The number of phenols is 2. The van der Waals surface area contributed by atoms with Crippen LogP contribution in [-0.4, -0.2) is 32.9 Å². The maximum absolute atomic E-state index is 13.1. The molecule has 0 atom stereocenters. The number of hydrogen-bond donors (Lipinski definition) is 5. The highest BCUT2D eigenvalue weighted by molar-refractivity contribution is 6.33. The smallest absolute Gasteiger partial charge is 0.335 e. The van der Waals surface area contributed by atoms with Crippen molar-refractivity contribution in [3.05, 3.63) is 76.3 Å². The molecule has 0 saturated carbocycles. The van der Waals surface area contributed by atoms with Gasteiger partial charge in [0, 0.05) is 11.4 Å². The van der Waals surface area contributed by atoms with E-state index >= 15 is 0 Å². The fourth-order valence-corrected chi connectivity index (χ4v) is 3.35. The highest BCUT2D eigenvalue weighted by Gasteiger charge is 2.37. The Balaban J connectivity index is 1.86. The van der Waals surface area contributed by atoms with Crippen LogP contribution in [0.5, 0.6) is 11.5 Å². The summed E-state index contributed by atoms with van der Waals surface area (Å²) >= 11 is 0. The van der Waals surface area contributed by atoms with Gasteiger partial charge in [-0.3, -0.25) is 9.59 Å². The number of aromatic carboxylic acids is 1. The topological polar surface area (TPSA) is 150 Å². The summed E-state index contributed by atoms with van der Waals surface area (Å²) in [6.07, 6.45) is 0. The van der Waals surface area contributed by atoms with Crippen molar-refractivity contribution in [3.63, 3.8) is 0 Å². The monoisotopic (exact) mass is 390 g/mol. The van der Waals surface area contributed by atoms with Gasteiger partial charge in [0.2, 0.25) is 11.6 Å². The van der Waals surface area contributed by atoms with Gasteiger partial charge in [-0.15, -0.1) is 0 Å². The number of nitrogen functional groups attached to an aromatic ring is 1. The maximum Gasteiger partial charge on any atom is 0.335 e. The molecule has 8 nitrogen and oxygen atoms in total. The predicted octanol–water partition coefficient (Wildman–Crippen LogP) is 2.90. The number of carbonyl (C=O) groups is 3. The molecule has 0 unspecified atom stereocenters. The van der Waals surface area contributed by atoms with Crippen molar-refractivity contribution >= 4 is 34.6 Å². The van der Waals surface area contributed by atoms with Crippen molar-refractivity contribution < 1.29 is 29.7 Å². The minimum Gasteiger partial charge on any atom is -0.507 e. The molecule has 3 aromatic rings. The molecule has 0 amide bonds. The summed E-state index contributed by atoms with van der Waals surface area (Å²) in [6.45, 7) is 0. The van der Waals surface area contributed by atoms with E-state index in [0.29, 0.717) is 5.69 Å². The van der Waals surface area contributed by atoms with Crippen LogP contribution in [0.3, 0.4) is 0 Å². The Morgan fingerprint density at radius 2 is 1.31 bits per heavy atom. The molecular formula is C21H14N2O6. The number of ketones is 2. The molecule has 1 aliphatic rings. The van der Waals surface area contributed by atoms with Crippen LogP contribution in [0.2, 0.25) is 0 Å². The van der Waals surface area contributed by atoms with Gasteiger partial charge in [-0.05, 0) is 48.5 Å². The molecule has 144 valence electrons. The lowest BCUT2D eigenvalue weighted by molar-refractivity contribution is 0.0696. The van der Waals surface area contributed by atoms with Gasteiger partial charge in [-0.25, -0.2) is 4.79 Å². The summed E-state index contributed by atoms with van der Waals surface area (Å²) < 4.78 is 0. The first-order chi connectivity index (χ1) is 13.8. The molecule has 29 heavy (non-hydrogen) atoms. The number of nitrogens with two attached hydrogens (primary N) is 1. The van der Waals surface area contributed by atoms with Crippen LogP contribution in [0, 0.1) is 0 Å². The third kappa shape index (κ3) is 2.74. The number of carbonyl (C=O) groups excluding carboxylic acids is 2. The molecule has 3 aromatic carbocycles. The average Bonchev–Trinajstić information content (AvgIpc) is 2.69. The standard InChI is InChI=1S/C21H14N2O6/c22-11-5-7-13(24)17-15(11)19(26)18-14(25)8-6-12(16(18)20(17)27)23-10-3-1-9(2-4-10)21(28)29/h1-8,23-25H,22H2,(H,28,29). The van der Waals surface area contributed by atoms with Gasteiger partial charge >= 0.3 is 5.97 Å². The molecule has 0 aliphatic heterocycles. The number of anilines is 3. The van der Waals surface area contributed by atoms with Crippen molar-refractivity contribution in [1.29, 1.82) is 0 Å². The Labute approximate surface area is 163 Å². The molecule has 4 rings (SSSR count). The van der Waals surface area contributed by atoms with Crippen molar-refractivity contribution in [2.24, 2.45) is 0 Å². The fourth-order valence-electron chi connectivity index (χ4n) is 3.35. The van der Waals surface area contributed by atoms with Gasteiger partial charge in [0.05, 0.1) is 33.5 Å². The van der Waals surface area contributed by atoms with Gasteiger partial charge in [0.25, 0.3) is 0 Å². The molecule has 6 N–H and O–H groups in total. The summed E-state index contributed by atoms with van der Waals surface area (Å²) in [5.74, 6) is -3.20. The SMILES string of the molecule is Nc1ccc(O)c2c1C(=O)c1c(O)ccc(Nc3ccc(C(=O)O)cc3)c1C2=O. The zero-order valence-electron chi connectivity index (χ0n) is 14.8. The second kappa shape index (κ2) is 6.38. The molecular weight excluding hydrogens is 376 g/mol. The van der Waals surface area contributed by atoms with E-state index in [1.807, 2.05) is 0 Å². The second-order valence-corrected chi connectivity index (χ2v) is 6.47. The Bertz CT molecular complexity index is 1210. The van der Waals surface area contributed by atoms with Crippen LogP contribution in [-0.2, 0) is 0 Å². The molecule has 1 aliphatic carbocycles. The van der Waals surface area contributed by atoms with Gasteiger partial charge in [0.15, 0.2) is 0 Å². The van der Waals surface area contributed by atoms with Crippen molar-refractivity contribution in [1.82, 2.24) is 0 Å². The Morgan fingerprint density at radius 1 is 0.759 bits per heavy atom. The van der Waals surface area contributed by atoms with Crippen LogP contribution in [0.4, 0.5) is 17.1 Å². The van der Waals surface area contributed by atoms with Crippen molar-refractivity contribution in [2.75, 3.05) is 11.1 Å². The summed E-state index contributed by atoms with van der Waals surface area (Å²) in [7, 11) is 0. The van der Waals surface area contributed by atoms with Crippen LogP contribution in [0.1, 0.15) is 42.2 Å². The Kier molecular flexibility index (Phi) is 3.97. The van der Waals surface area contributed by atoms with E-state index < -0.39 is 29.0 Å². The van der Waals surface area contributed by atoms with Crippen LogP contribution in [0.15, 0.2) is 48.5 Å². The lowest BCUT2D eigenvalue weighted by atomic mass is 9.81. The van der Waals surface area contributed by atoms with Gasteiger partial charge in [-0.1, -0.05) is 0 Å². The maximum atomic E-state index is 13.1. The fraction of sp³-hybridized carbons (Fsp3) is 0.